The van der Waals surface area contributed by atoms with Gasteiger partial charge in [0.2, 0.25) is 0 Å². The van der Waals surface area contributed by atoms with Gasteiger partial charge in [0.05, 0.1) is 5.69 Å². The Morgan fingerprint density at radius 1 is 1.14 bits per heavy atom. The number of benzene rings is 1. The van der Waals surface area contributed by atoms with Crippen LogP contribution in [0.2, 0.25) is 0 Å². The lowest BCUT2D eigenvalue weighted by atomic mass is 10.0. The van der Waals surface area contributed by atoms with Crippen molar-refractivity contribution in [3.63, 3.8) is 0 Å². The minimum Gasteiger partial charge on any atom is -0.370 e. The highest BCUT2D eigenvalue weighted by Crippen LogP contribution is 2.29. The van der Waals surface area contributed by atoms with Crippen LogP contribution in [0.1, 0.15) is 37.2 Å². The van der Waals surface area contributed by atoms with Gasteiger partial charge in [-0.15, -0.1) is 0 Å². The molecule has 0 atom stereocenters. The average molecular weight is 287 g/mol. The second kappa shape index (κ2) is 6.66. The summed E-state index contributed by atoms with van der Waals surface area (Å²) in [5, 5.41) is 3.35. The van der Waals surface area contributed by atoms with Gasteiger partial charge in [0, 0.05) is 24.1 Å². The van der Waals surface area contributed by atoms with Crippen LogP contribution in [0.15, 0.2) is 18.2 Å². The van der Waals surface area contributed by atoms with Crippen molar-refractivity contribution >= 4 is 5.82 Å². The van der Waals surface area contributed by atoms with Gasteiger partial charge in [0.15, 0.2) is 0 Å². The number of aryl methyl sites for hydroxylation is 2. The van der Waals surface area contributed by atoms with E-state index in [1.54, 1.807) is 12.1 Å². The summed E-state index contributed by atoms with van der Waals surface area (Å²) in [5.74, 6) is 1.46. The van der Waals surface area contributed by atoms with Crippen molar-refractivity contribution in [1.82, 2.24) is 9.97 Å². The van der Waals surface area contributed by atoms with Gasteiger partial charge in [-0.1, -0.05) is 13.8 Å². The number of rotatable bonds is 5. The maximum absolute atomic E-state index is 13.3. The lowest BCUT2D eigenvalue weighted by Crippen LogP contribution is -2.09. The topological polar surface area (TPSA) is 37.8 Å². The first-order valence-electron chi connectivity index (χ1n) is 7.44. The Hall–Kier alpha value is -1.97. The third-order valence-electron chi connectivity index (χ3n) is 3.49. The summed E-state index contributed by atoms with van der Waals surface area (Å²) in [6, 6.07) is 4.82. The third kappa shape index (κ3) is 3.38. The lowest BCUT2D eigenvalue weighted by Gasteiger charge is -2.15. The first-order valence-corrected chi connectivity index (χ1v) is 7.44. The molecular formula is C17H22FN3. The van der Waals surface area contributed by atoms with Crippen molar-refractivity contribution in [3.8, 4) is 11.3 Å². The molecule has 1 aromatic carbocycles. The van der Waals surface area contributed by atoms with Crippen LogP contribution in [0.3, 0.4) is 0 Å². The normalized spacial score (nSPS) is 10.7. The van der Waals surface area contributed by atoms with Crippen molar-refractivity contribution in [3.05, 3.63) is 41.0 Å². The van der Waals surface area contributed by atoms with Crippen LogP contribution in [0.4, 0.5) is 10.2 Å². The van der Waals surface area contributed by atoms with Crippen LogP contribution in [-0.2, 0) is 6.42 Å². The Labute approximate surface area is 125 Å². The summed E-state index contributed by atoms with van der Waals surface area (Å²) in [4.78, 5) is 9.21. The van der Waals surface area contributed by atoms with Crippen LogP contribution < -0.4 is 5.32 Å². The molecule has 4 heteroatoms. The summed E-state index contributed by atoms with van der Waals surface area (Å²) >= 11 is 0. The number of hydrogen-bond acceptors (Lipinski definition) is 3. The fraction of sp³-hybridized carbons (Fsp3) is 0.412. The molecule has 2 rings (SSSR count). The summed E-state index contributed by atoms with van der Waals surface area (Å²) in [7, 11) is 0. The molecule has 112 valence electrons. The fourth-order valence-electron chi connectivity index (χ4n) is 2.29. The molecule has 21 heavy (non-hydrogen) atoms. The van der Waals surface area contributed by atoms with Crippen LogP contribution in [0, 0.1) is 19.7 Å². The van der Waals surface area contributed by atoms with Gasteiger partial charge in [0.1, 0.15) is 17.5 Å². The molecule has 0 amide bonds. The minimum absolute atomic E-state index is 0.219. The number of aromatic nitrogens is 2. The van der Waals surface area contributed by atoms with Gasteiger partial charge >= 0.3 is 0 Å². The Morgan fingerprint density at radius 2 is 1.90 bits per heavy atom. The Bertz CT molecular complexity index is 638. The predicted molar refractivity (Wildman–Crippen MR) is 85.1 cm³/mol. The maximum Gasteiger partial charge on any atom is 0.133 e. The Balaban J connectivity index is 2.56. The maximum atomic E-state index is 13.3. The average Bonchev–Trinajstić information content (AvgIpc) is 2.47. The first kappa shape index (κ1) is 15.4. The van der Waals surface area contributed by atoms with Crippen LogP contribution in [0.25, 0.3) is 11.3 Å². The zero-order valence-electron chi connectivity index (χ0n) is 13.1. The fourth-order valence-corrected chi connectivity index (χ4v) is 2.29. The van der Waals surface area contributed by atoms with Crippen molar-refractivity contribution in [1.29, 1.82) is 0 Å². The standard InChI is InChI=1S/C17H22FN3/c1-5-9-19-17-12(4)16(20-15(6-2)21-17)14-8-7-13(18)10-11(14)3/h7-8,10H,5-6,9H2,1-4H3,(H,19,20,21). The molecule has 0 aliphatic heterocycles. The van der Waals surface area contributed by atoms with E-state index in [0.717, 1.165) is 53.4 Å². The van der Waals surface area contributed by atoms with Crippen molar-refractivity contribution < 1.29 is 4.39 Å². The molecule has 0 aliphatic rings. The SMILES string of the molecule is CCCNc1nc(CC)nc(-c2ccc(F)cc2C)c1C. The van der Waals surface area contributed by atoms with E-state index in [2.05, 4.69) is 22.2 Å². The zero-order valence-corrected chi connectivity index (χ0v) is 13.1. The van der Waals surface area contributed by atoms with E-state index in [4.69, 9.17) is 0 Å². The van der Waals surface area contributed by atoms with Gasteiger partial charge < -0.3 is 5.32 Å². The van der Waals surface area contributed by atoms with E-state index >= 15 is 0 Å². The molecule has 0 fully saturated rings. The second-order valence-electron chi connectivity index (χ2n) is 5.20. The molecule has 0 saturated heterocycles. The molecule has 0 spiro atoms. The number of halogens is 1. The molecule has 1 heterocycles. The molecule has 3 nitrogen and oxygen atoms in total. The molecule has 0 aliphatic carbocycles. The molecule has 2 aromatic rings. The van der Waals surface area contributed by atoms with Gasteiger partial charge in [-0.05, 0) is 44.0 Å². The molecule has 0 saturated carbocycles. The lowest BCUT2D eigenvalue weighted by molar-refractivity contribution is 0.627. The number of anilines is 1. The summed E-state index contributed by atoms with van der Waals surface area (Å²) in [6.07, 6.45) is 1.81. The van der Waals surface area contributed by atoms with Crippen molar-refractivity contribution in [2.75, 3.05) is 11.9 Å². The summed E-state index contributed by atoms with van der Waals surface area (Å²) < 4.78 is 13.3. The highest BCUT2D eigenvalue weighted by molar-refractivity contribution is 5.70. The summed E-state index contributed by atoms with van der Waals surface area (Å²) in [6.45, 7) is 8.95. The number of nitrogens with one attached hydrogen (secondary N) is 1. The predicted octanol–water partition coefficient (Wildman–Crippen LogP) is 4.28. The molecule has 0 bridgehead atoms. The molecule has 1 aromatic heterocycles. The smallest absolute Gasteiger partial charge is 0.133 e. The van der Waals surface area contributed by atoms with Gasteiger partial charge in [-0.25, -0.2) is 14.4 Å². The quantitative estimate of drug-likeness (QED) is 0.891. The molecule has 1 N–H and O–H groups in total. The number of hydrogen-bond donors (Lipinski definition) is 1. The highest BCUT2D eigenvalue weighted by Gasteiger charge is 2.13. The highest BCUT2D eigenvalue weighted by atomic mass is 19.1. The van der Waals surface area contributed by atoms with Gasteiger partial charge in [-0.3, -0.25) is 0 Å². The van der Waals surface area contributed by atoms with E-state index in [-0.39, 0.29) is 5.82 Å². The Kier molecular flexibility index (Phi) is 4.89. The van der Waals surface area contributed by atoms with E-state index in [9.17, 15) is 4.39 Å². The van der Waals surface area contributed by atoms with Gasteiger partial charge in [0.25, 0.3) is 0 Å². The van der Waals surface area contributed by atoms with Crippen LogP contribution in [-0.4, -0.2) is 16.5 Å². The number of nitrogens with zero attached hydrogens (tertiary/aromatic N) is 2. The van der Waals surface area contributed by atoms with E-state index in [1.165, 1.54) is 6.07 Å². The Morgan fingerprint density at radius 3 is 2.52 bits per heavy atom. The van der Waals surface area contributed by atoms with Crippen molar-refractivity contribution in [2.45, 2.75) is 40.5 Å². The summed E-state index contributed by atoms with van der Waals surface area (Å²) in [5.41, 5.74) is 3.75. The largest absolute Gasteiger partial charge is 0.370 e. The third-order valence-corrected chi connectivity index (χ3v) is 3.49. The minimum atomic E-state index is -0.219. The van der Waals surface area contributed by atoms with E-state index < -0.39 is 0 Å². The molecule has 0 unspecified atom stereocenters. The van der Waals surface area contributed by atoms with E-state index in [0.29, 0.717) is 0 Å². The van der Waals surface area contributed by atoms with Crippen molar-refractivity contribution in [2.24, 2.45) is 0 Å². The molecule has 0 radical (unpaired) electrons. The first-order chi connectivity index (χ1) is 10.1. The van der Waals surface area contributed by atoms with Gasteiger partial charge in [-0.2, -0.15) is 0 Å². The zero-order chi connectivity index (χ0) is 15.4. The second-order valence-corrected chi connectivity index (χ2v) is 5.20. The van der Waals surface area contributed by atoms with E-state index in [1.807, 2.05) is 20.8 Å². The molecular weight excluding hydrogens is 265 g/mol. The van der Waals surface area contributed by atoms with Crippen LogP contribution >= 0.6 is 0 Å². The monoisotopic (exact) mass is 287 g/mol. The van der Waals surface area contributed by atoms with Crippen LogP contribution in [0.5, 0.6) is 0 Å².